The summed E-state index contributed by atoms with van der Waals surface area (Å²) in [6.45, 7) is -0.124. The number of ether oxygens (including phenoxy) is 1. The SMILES string of the molecule is c1ccc(N2B3c4cc(-n5c6ccccc6c6ccccc65)ccc4Oc4cc(-n5c6ccccc6c6ccccc65)cc(c43)-c3ccccc32)cc1. The van der Waals surface area contributed by atoms with Crippen LogP contribution in [0.4, 0.5) is 11.4 Å². The van der Waals surface area contributed by atoms with Gasteiger partial charge in [-0.1, -0.05) is 109 Å². The van der Waals surface area contributed by atoms with Crippen LogP contribution < -0.4 is 20.5 Å². The first-order valence-corrected chi connectivity index (χ1v) is 18.2. The minimum atomic E-state index is -0.124. The molecule has 5 heteroatoms. The minimum Gasteiger partial charge on any atom is -0.458 e. The molecular weight excluding hydrogens is 645 g/mol. The highest BCUT2D eigenvalue weighted by Gasteiger charge is 2.44. The van der Waals surface area contributed by atoms with E-state index >= 15 is 0 Å². The van der Waals surface area contributed by atoms with Crippen LogP contribution in [-0.4, -0.2) is 16.0 Å². The minimum absolute atomic E-state index is 0.124. The molecule has 0 spiro atoms. The van der Waals surface area contributed by atoms with E-state index in [1.165, 1.54) is 65.9 Å². The molecule has 0 saturated heterocycles. The molecular formula is C48H30BN3O. The first kappa shape index (κ1) is 28.7. The Labute approximate surface area is 306 Å². The van der Waals surface area contributed by atoms with Crippen molar-refractivity contribution >= 4 is 72.8 Å². The van der Waals surface area contributed by atoms with Crippen LogP contribution in [0.2, 0.25) is 0 Å². The molecule has 10 aromatic rings. The van der Waals surface area contributed by atoms with Gasteiger partial charge in [0.1, 0.15) is 11.5 Å². The average Bonchev–Trinajstić information content (AvgIpc) is 3.74. The van der Waals surface area contributed by atoms with Crippen molar-refractivity contribution < 1.29 is 4.74 Å². The summed E-state index contributed by atoms with van der Waals surface area (Å²) in [7, 11) is 0. The van der Waals surface area contributed by atoms with Gasteiger partial charge in [-0.05, 0) is 77.8 Å². The van der Waals surface area contributed by atoms with Crippen molar-refractivity contribution in [3.8, 4) is 34.0 Å². The molecule has 8 aromatic carbocycles. The molecule has 2 aromatic heterocycles. The summed E-state index contributed by atoms with van der Waals surface area (Å²) < 4.78 is 11.9. The van der Waals surface area contributed by atoms with Crippen molar-refractivity contribution in [1.29, 1.82) is 0 Å². The summed E-state index contributed by atoms with van der Waals surface area (Å²) in [6, 6.07) is 65.9. The number of hydrogen-bond acceptors (Lipinski definition) is 2. The Morgan fingerprint density at radius 1 is 0.377 bits per heavy atom. The van der Waals surface area contributed by atoms with Crippen LogP contribution >= 0.6 is 0 Å². The monoisotopic (exact) mass is 675 g/mol. The number of benzene rings is 8. The van der Waals surface area contributed by atoms with Gasteiger partial charge in [0.05, 0.1) is 27.8 Å². The molecule has 0 aliphatic carbocycles. The van der Waals surface area contributed by atoms with Crippen LogP contribution in [0.25, 0.3) is 66.1 Å². The zero-order valence-corrected chi connectivity index (χ0v) is 28.6. The molecule has 12 rings (SSSR count). The Bertz CT molecular complexity index is 3020. The van der Waals surface area contributed by atoms with E-state index in [1.54, 1.807) is 0 Å². The molecule has 0 bridgehead atoms. The van der Waals surface area contributed by atoms with Gasteiger partial charge >= 0.3 is 6.85 Å². The molecule has 0 saturated carbocycles. The Morgan fingerprint density at radius 2 is 0.906 bits per heavy atom. The van der Waals surface area contributed by atoms with Gasteiger partial charge in [0.15, 0.2) is 0 Å². The number of rotatable bonds is 3. The summed E-state index contributed by atoms with van der Waals surface area (Å²) in [4.78, 5) is 2.51. The zero-order chi connectivity index (χ0) is 34.6. The van der Waals surface area contributed by atoms with Crippen LogP contribution in [0.5, 0.6) is 11.5 Å². The maximum Gasteiger partial charge on any atom is 0.336 e. The fraction of sp³-hybridized carbons (Fsp3) is 0. The molecule has 53 heavy (non-hydrogen) atoms. The highest BCUT2D eigenvalue weighted by atomic mass is 16.5. The van der Waals surface area contributed by atoms with Crippen molar-refractivity contribution in [3.63, 3.8) is 0 Å². The maximum absolute atomic E-state index is 7.08. The van der Waals surface area contributed by atoms with Crippen LogP contribution in [0.1, 0.15) is 0 Å². The van der Waals surface area contributed by atoms with E-state index in [9.17, 15) is 0 Å². The second-order valence-corrected chi connectivity index (χ2v) is 14.1. The first-order valence-electron chi connectivity index (χ1n) is 18.2. The predicted octanol–water partition coefficient (Wildman–Crippen LogP) is 10.9. The van der Waals surface area contributed by atoms with Gasteiger partial charge in [-0.25, -0.2) is 0 Å². The lowest BCUT2D eigenvalue weighted by Gasteiger charge is -2.42. The Hall–Kier alpha value is -6.98. The Morgan fingerprint density at radius 3 is 1.53 bits per heavy atom. The maximum atomic E-state index is 7.08. The topological polar surface area (TPSA) is 22.3 Å². The second-order valence-electron chi connectivity index (χ2n) is 14.1. The Balaban J connectivity index is 1.15. The summed E-state index contributed by atoms with van der Waals surface area (Å²) in [5.74, 6) is 1.76. The molecule has 0 amide bonds. The van der Waals surface area contributed by atoms with Crippen LogP contribution in [-0.2, 0) is 0 Å². The Kier molecular flexibility index (Phi) is 5.83. The number of anilines is 2. The number of fused-ring (bicyclic) bond motifs is 10. The van der Waals surface area contributed by atoms with Gasteiger partial charge in [0, 0.05) is 55.7 Å². The van der Waals surface area contributed by atoms with Gasteiger partial charge in [-0.2, -0.15) is 0 Å². The smallest absolute Gasteiger partial charge is 0.336 e. The van der Waals surface area contributed by atoms with E-state index in [2.05, 4.69) is 196 Å². The van der Waals surface area contributed by atoms with Crippen LogP contribution in [0.3, 0.4) is 0 Å². The molecule has 2 aliphatic heterocycles. The van der Waals surface area contributed by atoms with Crippen molar-refractivity contribution in [1.82, 2.24) is 9.13 Å². The molecule has 0 radical (unpaired) electrons. The van der Waals surface area contributed by atoms with Gasteiger partial charge in [-0.3, -0.25) is 0 Å². The fourth-order valence-electron chi connectivity index (χ4n) is 9.18. The van der Waals surface area contributed by atoms with Gasteiger partial charge < -0.3 is 18.7 Å². The summed E-state index contributed by atoms with van der Waals surface area (Å²) in [5.41, 5.74) is 14.0. The van der Waals surface area contributed by atoms with E-state index in [-0.39, 0.29) is 6.85 Å². The van der Waals surface area contributed by atoms with Crippen molar-refractivity contribution in [2.24, 2.45) is 0 Å². The van der Waals surface area contributed by atoms with E-state index in [4.69, 9.17) is 4.74 Å². The van der Waals surface area contributed by atoms with Crippen LogP contribution in [0, 0.1) is 0 Å². The molecule has 4 nitrogen and oxygen atoms in total. The lowest BCUT2D eigenvalue weighted by molar-refractivity contribution is 0.487. The fourth-order valence-corrected chi connectivity index (χ4v) is 9.18. The highest BCUT2D eigenvalue weighted by Crippen LogP contribution is 2.46. The highest BCUT2D eigenvalue weighted by molar-refractivity contribution is 6.92. The van der Waals surface area contributed by atoms with Crippen molar-refractivity contribution in [3.05, 3.63) is 182 Å². The second kappa shape index (κ2) is 10.8. The normalized spacial score (nSPS) is 13.0. The summed E-state index contributed by atoms with van der Waals surface area (Å²) >= 11 is 0. The predicted molar refractivity (Wildman–Crippen MR) is 221 cm³/mol. The lowest BCUT2D eigenvalue weighted by Crippen LogP contribution is -2.59. The largest absolute Gasteiger partial charge is 0.458 e. The van der Waals surface area contributed by atoms with E-state index in [0.29, 0.717) is 0 Å². The summed E-state index contributed by atoms with van der Waals surface area (Å²) in [5, 5.41) is 4.98. The van der Waals surface area contributed by atoms with E-state index in [1.807, 2.05) is 0 Å². The van der Waals surface area contributed by atoms with Gasteiger partial charge in [0.2, 0.25) is 0 Å². The van der Waals surface area contributed by atoms with Crippen molar-refractivity contribution in [2.45, 2.75) is 0 Å². The number of hydrogen-bond donors (Lipinski definition) is 0. The number of nitrogens with zero attached hydrogens (tertiary/aromatic N) is 3. The lowest BCUT2D eigenvalue weighted by atomic mass is 9.44. The quantitative estimate of drug-likeness (QED) is 0.174. The molecule has 0 N–H and O–H groups in total. The third kappa shape index (κ3) is 3.96. The van der Waals surface area contributed by atoms with E-state index < -0.39 is 0 Å². The molecule has 246 valence electrons. The third-order valence-corrected chi connectivity index (χ3v) is 11.3. The molecule has 4 heterocycles. The van der Waals surface area contributed by atoms with Crippen molar-refractivity contribution in [2.75, 3.05) is 4.81 Å². The third-order valence-electron chi connectivity index (χ3n) is 11.3. The number of para-hydroxylation sites is 6. The van der Waals surface area contributed by atoms with E-state index in [0.717, 1.165) is 34.0 Å². The number of aromatic nitrogens is 2. The van der Waals surface area contributed by atoms with Crippen LogP contribution in [0.15, 0.2) is 182 Å². The molecule has 0 unspecified atom stereocenters. The van der Waals surface area contributed by atoms with Gasteiger partial charge in [0.25, 0.3) is 0 Å². The summed E-state index contributed by atoms with van der Waals surface area (Å²) in [6.07, 6.45) is 0. The molecule has 2 aliphatic rings. The van der Waals surface area contributed by atoms with Gasteiger partial charge in [-0.15, -0.1) is 0 Å². The molecule has 0 fully saturated rings. The first-order chi connectivity index (χ1) is 26.3. The zero-order valence-electron chi connectivity index (χ0n) is 28.6. The average molecular weight is 676 g/mol. The molecule has 0 atom stereocenters. The standard InChI is InChI=1S/C48H30BN3O/c1-2-14-31(15-3-1)52-45-25-13-8-20-38(45)39-28-33(51-43-23-11-6-18-36(43)37-19-7-12-24-44(37)51)30-47-48(39)49(52)40-29-32(26-27-46(40)53-47)50-41-21-9-4-16-34(41)35-17-5-10-22-42(35)50/h1-30H.